The number of nitrogens with one attached hydrogen (secondary N) is 1. The second kappa shape index (κ2) is 5.06. The van der Waals surface area contributed by atoms with Gasteiger partial charge in [0, 0.05) is 11.7 Å². The van der Waals surface area contributed by atoms with Crippen molar-refractivity contribution >= 4 is 5.69 Å². The Morgan fingerprint density at radius 3 is 2.58 bits per heavy atom. The normalized spacial score (nSPS) is 29.2. The highest BCUT2D eigenvalue weighted by atomic mass is 15.3. The van der Waals surface area contributed by atoms with Crippen LogP contribution in [0.15, 0.2) is 54.6 Å². The summed E-state index contributed by atoms with van der Waals surface area (Å²) in [5.41, 5.74) is 3.28. The summed E-state index contributed by atoms with van der Waals surface area (Å²) in [4.78, 5) is 2.03. The molecule has 1 aliphatic heterocycles. The third-order valence-electron chi connectivity index (χ3n) is 3.78. The summed E-state index contributed by atoms with van der Waals surface area (Å²) < 4.78 is 16.7. The van der Waals surface area contributed by atoms with Crippen molar-refractivity contribution in [3.05, 3.63) is 65.7 Å². The summed E-state index contributed by atoms with van der Waals surface area (Å²) in [5.74, 6) is 0. The molecule has 2 aromatic carbocycles. The Balaban J connectivity index is 2.00. The van der Waals surface area contributed by atoms with Gasteiger partial charge in [-0.05, 0) is 31.0 Å². The minimum atomic E-state index is -0.689. The number of anilines is 1. The lowest BCUT2D eigenvalue weighted by molar-refractivity contribution is 0.588. The van der Waals surface area contributed by atoms with Crippen LogP contribution < -0.4 is 10.2 Å². The van der Waals surface area contributed by atoms with Crippen molar-refractivity contribution in [2.75, 3.05) is 11.5 Å². The SMILES string of the molecule is [2H]C1N([2H])C(c2ccccc2)[C@H](C)N1c1ccccc1C. The summed E-state index contributed by atoms with van der Waals surface area (Å²) in [7, 11) is 0. The van der Waals surface area contributed by atoms with E-state index in [4.69, 9.17) is 2.78 Å². The average Bonchev–Trinajstić information content (AvgIpc) is 2.71. The van der Waals surface area contributed by atoms with E-state index in [-0.39, 0.29) is 12.1 Å². The second-order valence-corrected chi connectivity index (χ2v) is 5.05. The van der Waals surface area contributed by atoms with E-state index in [0.29, 0.717) is 0 Å². The van der Waals surface area contributed by atoms with E-state index in [0.717, 1.165) is 16.8 Å². The smallest absolute Gasteiger partial charge is 0.125 e. The van der Waals surface area contributed by atoms with Crippen LogP contribution >= 0.6 is 0 Å². The Hall–Kier alpha value is -1.80. The van der Waals surface area contributed by atoms with Crippen LogP contribution in [-0.4, -0.2) is 12.7 Å². The number of para-hydroxylation sites is 1. The number of rotatable bonds is 2. The van der Waals surface area contributed by atoms with Crippen molar-refractivity contribution in [1.82, 2.24) is 5.31 Å². The fraction of sp³-hybridized carbons (Fsp3) is 0.294. The Morgan fingerprint density at radius 1 is 1.16 bits per heavy atom. The molecule has 1 aliphatic rings. The Morgan fingerprint density at radius 2 is 1.84 bits per heavy atom. The molecule has 1 heterocycles. The van der Waals surface area contributed by atoms with Gasteiger partial charge in [0.2, 0.25) is 0 Å². The molecule has 0 radical (unpaired) electrons. The maximum Gasteiger partial charge on any atom is 0.125 e. The van der Waals surface area contributed by atoms with E-state index in [2.05, 4.69) is 19.9 Å². The molecule has 3 rings (SSSR count). The maximum atomic E-state index is 8.40. The minimum absolute atomic E-state index is 0.0773. The highest BCUT2D eigenvalue weighted by Gasteiger charge is 2.31. The van der Waals surface area contributed by atoms with Gasteiger partial charge in [0.1, 0.15) is 1.41 Å². The van der Waals surface area contributed by atoms with E-state index < -0.39 is 6.64 Å². The van der Waals surface area contributed by atoms with Gasteiger partial charge in [0.25, 0.3) is 0 Å². The molecule has 0 spiro atoms. The van der Waals surface area contributed by atoms with Crippen molar-refractivity contribution in [3.8, 4) is 0 Å². The second-order valence-electron chi connectivity index (χ2n) is 5.05. The first kappa shape index (κ1) is 10.0. The maximum absolute atomic E-state index is 8.40. The van der Waals surface area contributed by atoms with Gasteiger partial charge in [-0.15, -0.1) is 0 Å². The molecule has 0 aromatic heterocycles. The van der Waals surface area contributed by atoms with Gasteiger partial charge in [-0.2, -0.15) is 0 Å². The molecule has 0 aliphatic carbocycles. The van der Waals surface area contributed by atoms with Crippen LogP contribution in [0, 0.1) is 6.92 Å². The van der Waals surface area contributed by atoms with Gasteiger partial charge in [0.15, 0.2) is 0 Å². The van der Waals surface area contributed by atoms with Crippen LogP contribution in [0.25, 0.3) is 0 Å². The van der Waals surface area contributed by atoms with E-state index >= 15 is 0 Å². The fourth-order valence-electron chi connectivity index (χ4n) is 2.67. The third-order valence-corrected chi connectivity index (χ3v) is 3.78. The Labute approximate surface area is 117 Å². The zero-order chi connectivity index (χ0) is 15.0. The molecule has 0 amide bonds. The van der Waals surface area contributed by atoms with Crippen molar-refractivity contribution in [3.63, 3.8) is 0 Å². The van der Waals surface area contributed by atoms with Gasteiger partial charge >= 0.3 is 0 Å². The molecule has 19 heavy (non-hydrogen) atoms. The zero-order valence-corrected chi connectivity index (χ0v) is 11.3. The Kier molecular flexibility index (Phi) is 2.67. The van der Waals surface area contributed by atoms with Crippen LogP contribution in [-0.2, 0) is 0 Å². The van der Waals surface area contributed by atoms with Crippen LogP contribution in [0.2, 0.25) is 1.41 Å². The lowest BCUT2D eigenvalue weighted by atomic mass is 10.0. The van der Waals surface area contributed by atoms with Crippen molar-refractivity contribution < 1.29 is 2.78 Å². The molecule has 2 unspecified atom stereocenters. The molecule has 0 saturated carbocycles. The molecule has 1 saturated heterocycles. The summed E-state index contributed by atoms with van der Waals surface area (Å²) in [6.07, 6.45) is 0. The first-order chi connectivity index (χ1) is 10.1. The molecule has 2 heteroatoms. The summed E-state index contributed by atoms with van der Waals surface area (Å²) in [6.45, 7) is 3.46. The van der Waals surface area contributed by atoms with Gasteiger partial charge < -0.3 is 4.90 Å². The minimum Gasteiger partial charge on any atom is -0.354 e. The fourth-order valence-corrected chi connectivity index (χ4v) is 2.67. The topological polar surface area (TPSA) is 15.3 Å². The van der Waals surface area contributed by atoms with Gasteiger partial charge in [-0.25, -0.2) is 0 Å². The van der Waals surface area contributed by atoms with Crippen LogP contribution in [0.4, 0.5) is 5.69 Å². The van der Waals surface area contributed by atoms with E-state index in [1.54, 1.807) is 0 Å². The zero-order valence-electron chi connectivity index (χ0n) is 13.3. The average molecular weight is 254 g/mol. The summed E-state index contributed by atoms with van der Waals surface area (Å²) >= 11 is 0. The van der Waals surface area contributed by atoms with Crippen LogP contribution in [0.1, 0.15) is 25.5 Å². The quantitative estimate of drug-likeness (QED) is 0.882. The molecular weight excluding hydrogens is 232 g/mol. The monoisotopic (exact) mass is 254 g/mol. The third kappa shape index (κ3) is 2.24. The van der Waals surface area contributed by atoms with Crippen LogP contribution in [0.3, 0.4) is 0 Å². The lowest BCUT2D eigenvalue weighted by Gasteiger charge is -2.27. The summed E-state index contributed by atoms with van der Waals surface area (Å²) in [5, 5.41) is 1.40. The van der Waals surface area contributed by atoms with Crippen LogP contribution in [0.5, 0.6) is 0 Å². The molecule has 1 fully saturated rings. The van der Waals surface area contributed by atoms with E-state index in [1.807, 2.05) is 53.4 Å². The first-order valence-electron chi connectivity index (χ1n) is 7.72. The van der Waals surface area contributed by atoms with Crippen molar-refractivity contribution in [2.24, 2.45) is 0 Å². The molecule has 3 atom stereocenters. The number of benzene rings is 2. The van der Waals surface area contributed by atoms with Crippen molar-refractivity contribution in [2.45, 2.75) is 25.9 Å². The van der Waals surface area contributed by atoms with Gasteiger partial charge in [-0.1, -0.05) is 48.5 Å². The predicted octanol–water partition coefficient (Wildman–Crippen LogP) is 3.49. The molecule has 0 bridgehead atoms. The largest absolute Gasteiger partial charge is 0.354 e. The molecule has 2 aromatic rings. The number of aryl methyl sites for hydroxylation is 1. The number of hydrogen-bond acceptors (Lipinski definition) is 2. The molecule has 1 N–H and O–H groups in total. The van der Waals surface area contributed by atoms with Crippen molar-refractivity contribution in [1.29, 1.82) is 0 Å². The lowest BCUT2D eigenvalue weighted by Crippen LogP contribution is -2.29. The van der Waals surface area contributed by atoms with E-state index in [9.17, 15) is 0 Å². The van der Waals surface area contributed by atoms with Gasteiger partial charge in [-0.3, -0.25) is 5.31 Å². The molecule has 2 nitrogen and oxygen atoms in total. The van der Waals surface area contributed by atoms with E-state index in [1.165, 1.54) is 5.31 Å². The predicted molar refractivity (Wildman–Crippen MR) is 80.3 cm³/mol. The Bertz CT molecular complexity index is 617. The highest BCUT2D eigenvalue weighted by molar-refractivity contribution is 5.55. The number of hydrogen-bond donors (Lipinski definition) is 1. The summed E-state index contributed by atoms with van der Waals surface area (Å²) in [6, 6.07) is 18.1. The standard InChI is InChI=1S/C17H20N2/c1-13-8-6-7-11-16(13)19-12-18-17(14(19)2)15-9-4-3-5-10-15/h3-11,14,17-18H,12H2,1-2H3/t14-,17?/m0/s1/i12D/hD/t12?,14-,17?. The molecular formula is C17H20N2. The highest BCUT2D eigenvalue weighted by Crippen LogP contribution is 2.31. The number of nitrogens with zero attached hydrogens (tertiary/aromatic N) is 1. The van der Waals surface area contributed by atoms with Gasteiger partial charge in [0.05, 0.1) is 14.1 Å². The molecule has 98 valence electrons. The first-order valence-corrected chi connectivity index (χ1v) is 6.69.